The number of benzene rings is 1. The Bertz CT molecular complexity index is 555. The highest BCUT2D eigenvalue weighted by Gasteiger charge is 2.11. The van der Waals surface area contributed by atoms with Crippen LogP contribution in [0.2, 0.25) is 0 Å². The van der Waals surface area contributed by atoms with E-state index in [-0.39, 0.29) is 0 Å². The van der Waals surface area contributed by atoms with Crippen molar-refractivity contribution in [1.29, 1.82) is 0 Å². The lowest BCUT2D eigenvalue weighted by atomic mass is 10.2. The van der Waals surface area contributed by atoms with Gasteiger partial charge in [-0.3, -0.25) is 0 Å². The number of hydrogen-bond donors (Lipinski definition) is 0. The molecular weight excluding hydrogens is 458 g/mol. The quantitative estimate of drug-likeness (QED) is 0.531. The molecule has 6 heteroatoms. The molecule has 0 amide bonds. The first-order chi connectivity index (χ1) is 9.01. The maximum atomic E-state index is 5.86. The normalized spacial score (nSPS) is 10.8. The summed E-state index contributed by atoms with van der Waals surface area (Å²) >= 11 is 12.2. The van der Waals surface area contributed by atoms with Crippen molar-refractivity contribution in [3.8, 4) is 5.75 Å². The van der Waals surface area contributed by atoms with E-state index < -0.39 is 0 Å². The van der Waals surface area contributed by atoms with Gasteiger partial charge in [-0.15, -0.1) is 11.3 Å². The third-order valence-electron chi connectivity index (χ3n) is 2.63. The van der Waals surface area contributed by atoms with Crippen LogP contribution in [0.4, 0.5) is 0 Å². The largest absolute Gasteiger partial charge is 0.484 e. The lowest BCUT2D eigenvalue weighted by Gasteiger charge is -2.10. The van der Waals surface area contributed by atoms with Crippen molar-refractivity contribution in [3.05, 3.63) is 42.2 Å². The second-order valence-corrected chi connectivity index (χ2v) is 7.62. The minimum Gasteiger partial charge on any atom is -0.484 e. The molecule has 2 rings (SSSR count). The van der Waals surface area contributed by atoms with Gasteiger partial charge in [-0.2, -0.15) is 0 Å². The Hall–Kier alpha value is 0.0900. The summed E-state index contributed by atoms with van der Waals surface area (Å²) in [4.78, 5) is 5.72. The monoisotopic (exact) mass is 467 g/mol. The molecule has 0 spiro atoms. The summed E-state index contributed by atoms with van der Waals surface area (Å²) in [6.07, 6.45) is 0. The molecule has 1 heterocycles. The second-order valence-electron chi connectivity index (χ2n) is 4.06. The molecule has 0 aliphatic heterocycles. The minimum atomic E-state index is 0.490. The lowest BCUT2D eigenvalue weighted by Crippen LogP contribution is -1.97. The van der Waals surface area contributed by atoms with Crippen molar-refractivity contribution in [1.82, 2.24) is 4.98 Å². The Morgan fingerprint density at radius 1 is 1.21 bits per heavy atom. The number of nitrogens with zero attached hydrogens (tertiary/aromatic N) is 1. The van der Waals surface area contributed by atoms with Crippen LogP contribution < -0.4 is 4.74 Å². The van der Waals surface area contributed by atoms with Gasteiger partial charge in [-0.05, 0) is 63.4 Å². The van der Waals surface area contributed by atoms with Gasteiger partial charge in [0, 0.05) is 10.2 Å². The average Bonchev–Trinajstić information content (AvgIpc) is 2.67. The first-order valence-corrected chi connectivity index (χ1v) is 9.13. The van der Waals surface area contributed by atoms with Crippen molar-refractivity contribution in [2.75, 3.05) is 0 Å². The van der Waals surface area contributed by atoms with E-state index in [1.165, 1.54) is 10.4 Å². The van der Waals surface area contributed by atoms with E-state index in [2.05, 4.69) is 59.7 Å². The van der Waals surface area contributed by atoms with E-state index in [9.17, 15) is 0 Å². The summed E-state index contributed by atoms with van der Waals surface area (Å²) in [5.74, 6) is 0.815. The zero-order valence-electron chi connectivity index (χ0n) is 10.5. The maximum Gasteiger partial charge on any atom is 0.148 e. The summed E-state index contributed by atoms with van der Waals surface area (Å²) in [6.45, 7) is 4.59. The van der Waals surface area contributed by atoms with Crippen molar-refractivity contribution in [3.63, 3.8) is 0 Å². The van der Waals surface area contributed by atoms with Crippen molar-refractivity contribution in [2.24, 2.45) is 0 Å². The number of aromatic nitrogens is 1. The first-order valence-electron chi connectivity index (χ1n) is 5.61. The van der Waals surface area contributed by atoms with Gasteiger partial charge in [0.05, 0.1) is 14.6 Å². The molecule has 0 saturated carbocycles. The maximum absolute atomic E-state index is 5.86. The van der Waals surface area contributed by atoms with Crippen molar-refractivity contribution in [2.45, 2.75) is 25.8 Å². The van der Waals surface area contributed by atoms with Gasteiger partial charge >= 0.3 is 0 Å². The molecule has 0 unspecified atom stereocenters. The number of hydrogen-bond acceptors (Lipinski definition) is 3. The zero-order valence-corrected chi connectivity index (χ0v) is 16.0. The minimum absolute atomic E-state index is 0.490. The first kappa shape index (κ1) is 15.5. The van der Waals surface area contributed by atoms with Gasteiger partial charge in [0.15, 0.2) is 0 Å². The van der Waals surface area contributed by atoms with E-state index in [0.717, 1.165) is 30.7 Å². The predicted molar refractivity (Wildman–Crippen MR) is 90.4 cm³/mol. The summed E-state index contributed by atoms with van der Waals surface area (Å²) in [7, 11) is 0. The van der Waals surface area contributed by atoms with Gasteiger partial charge in [0.25, 0.3) is 0 Å². The summed E-state index contributed by atoms with van der Waals surface area (Å²) in [5, 5.41) is 1.81. The number of rotatable bonds is 4. The standard InChI is InChI=1S/C13H12Br3NOS/c1-7-8(2)19-12(17-7)6-18-13-10(15)3-9(5-14)4-11(13)16/h3-4H,5-6H2,1-2H3. The van der Waals surface area contributed by atoms with Gasteiger partial charge in [-0.25, -0.2) is 4.98 Å². The summed E-state index contributed by atoms with van der Waals surface area (Å²) in [5.41, 5.74) is 2.27. The van der Waals surface area contributed by atoms with Gasteiger partial charge in [0.1, 0.15) is 17.4 Å². The highest BCUT2D eigenvalue weighted by atomic mass is 79.9. The van der Waals surface area contributed by atoms with Crippen molar-refractivity contribution < 1.29 is 4.74 Å². The fourth-order valence-electron chi connectivity index (χ4n) is 1.56. The number of alkyl halides is 1. The number of halogens is 3. The van der Waals surface area contributed by atoms with E-state index in [0.29, 0.717) is 6.61 Å². The van der Waals surface area contributed by atoms with Crippen LogP contribution in [0.3, 0.4) is 0 Å². The average molecular weight is 470 g/mol. The molecule has 0 N–H and O–H groups in total. The van der Waals surface area contributed by atoms with Crippen LogP contribution in [0.15, 0.2) is 21.1 Å². The van der Waals surface area contributed by atoms with E-state index >= 15 is 0 Å². The molecule has 0 saturated heterocycles. The Kier molecular flexibility index (Phi) is 5.45. The smallest absolute Gasteiger partial charge is 0.148 e. The molecule has 0 aliphatic carbocycles. The van der Waals surface area contributed by atoms with Crippen LogP contribution in [0.1, 0.15) is 21.1 Å². The third-order valence-corrected chi connectivity index (χ3v) is 5.50. The molecule has 0 radical (unpaired) electrons. The molecule has 1 aromatic carbocycles. The Labute approximate surface area is 142 Å². The van der Waals surface area contributed by atoms with E-state index in [1.54, 1.807) is 11.3 Å². The fraction of sp³-hybridized carbons (Fsp3) is 0.308. The number of aryl methyl sites for hydroxylation is 2. The number of ether oxygens (including phenoxy) is 1. The molecule has 0 aliphatic rings. The van der Waals surface area contributed by atoms with E-state index in [4.69, 9.17) is 4.74 Å². The van der Waals surface area contributed by atoms with Crippen LogP contribution in [-0.2, 0) is 11.9 Å². The molecule has 102 valence electrons. The molecule has 0 atom stereocenters. The van der Waals surface area contributed by atoms with E-state index in [1.807, 2.05) is 19.1 Å². The molecule has 2 nitrogen and oxygen atoms in total. The van der Waals surface area contributed by atoms with Gasteiger partial charge in [-0.1, -0.05) is 15.9 Å². The molecular formula is C13H12Br3NOS. The summed E-state index contributed by atoms with van der Waals surface area (Å²) in [6, 6.07) is 4.10. The van der Waals surface area contributed by atoms with Crippen LogP contribution in [0, 0.1) is 13.8 Å². The Morgan fingerprint density at radius 3 is 2.32 bits per heavy atom. The molecule has 2 aromatic rings. The molecule has 0 fully saturated rings. The van der Waals surface area contributed by atoms with Crippen molar-refractivity contribution >= 4 is 59.1 Å². The van der Waals surface area contributed by atoms with Crippen LogP contribution in [0.5, 0.6) is 5.75 Å². The number of thiazole rings is 1. The molecule has 19 heavy (non-hydrogen) atoms. The molecule has 0 bridgehead atoms. The Balaban J connectivity index is 2.15. The summed E-state index contributed by atoms with van der Waals surface area (Å²) < 4.78 is 7.75. The van der Waals surface area contributed by atoms with Crippen LogP contribution >= 0.6 is 59.1 Å². The Morgan fingerprint density at radius 2 is 1.84 bits per heavy atom. The van der Waals surface area contributed by atoms with Crippen LogP contribution in [0.25, 0.3) is 0 Å². The highest BCUT2D eigenvalue weighted by molar-refractivity contribution is 9.11. The van der Waals surface area contributed by atoms with Gasteiger partial charge < -0.3 is 4.74 Å². The predicted octanol–water partition coefficient (Wildman–Crippen LogP) is 5.76. The highest BCUT2D eigenvalue weighted by Crippen LogP contribution is 2.36. The second kappa shape index (κ2) is 6.70. The van der Waals surface area contributed by atoms with Gasteiger partial charge in [0.2, 0.25) is 0 Å². The zero-order chi connectivity index (χ0) is 14.0. The fourth-order valence-corrected chi connectivity index (χ4v) is 4.24. The third kappa shape index (κ3) is 3.80. The lowest BCUT2D eigenvalue weighted by molar-refractivity contribution is 0.301. The topological polar surface area (TPSA) is 22.1 Å². The SMILES string of the molecule is Cc1nc(COc2c(Br)cc(CBr)cc2Br)sc1C. The van der Waals surface area contributed by atoms with Crippen LogP contribution in [-0.4, -0.2) is 4.98 Å². The molecule has 1 aromatic heterocycles.